The van der Waals surface area contributed by atoms with E-state index in [1.54, 1.807) is 21.1 Å². The lowest BCUT2D eigenvalue weighted by atomic mass is 9.95. The summed E-state index contributed by atoms with van der Waals surface area (Å²) in [5.74, 6) is -0.261. The smallest absolute Gasteiger partial charge is 0.333 e. The van der Waals surface area contributed by atoms with Gasteiger partial charge in [-0.2, -0.15) is 0 Å². The molecule has 0 bridgehead atoms. The van der Waals surface area contributed by atoms with Crippen molar-refractivity contribution in [2.75, 3.05) is 14.2 Å². The summed E-state index contributed by atoms with van der Waals surface area (Å²) in [6.45, 7) is 4.64. The number of para-hydroxylation sites is 1. The van der Waals surface area contributed by atoms with E-state index in [-0.39, 0.29) is 18.0 Å². The molecule has 11 nitrogen and oxygen atoms in total. The minimum atomic E-state index is -1.74. The quantitative estimate of drug-likeness (QED) is 0.304. The van der Waals surface area contributed by atoms with Crippen LogP contribution in [0.1, 0.15) is 50.7 Å². The second kappa shape index (κ2) is 13.1. The highest BCUT2D eigenvalue weighted by atomic mass is 32.1. The largest absolute Gasteiger partial charge is 0.496 e. The second-order valence-electron chi connectivity index (χ2n) is 10.7. The predicted octanol–water partition coefficient (Wildman–Crippen LogP) is 4.20. The van der Waals surface area contributed by atoms with Gasteiger partial charge in [0.25, 0.3) is 5.56 Å². The number of ether oxygens (including phenoxy) is 2. The van der Waals surface area contributed by atoms with Gasteiger partial charge in [-0.25, -0.2) is 19.1 Å². The van der Waals surface area contributed by atoms with Crippen molar-refractivity contribution in [3.8, 4) is 16.5 Å². The molecule has 1 aromatic carbocycles. The maximum atomic E-state index is 13.5. The average molecular weight is 600 g/mol. The molecule has 1 aliphatic carbocycles. The molecule has 1 aliphatic rings. The molecular formula is C30H37N3O8S. The van der Waals surface area contributed by atoms with Gasteiger partial charge >= 0.3 is 11.7 Å². The van der Waals surface area contributed by atoms with Crippen LogP contribution in [0.5, 0.6) is 5.75 Å². The minimum absolute atomic E-state index is 0.0589. The summed E-state index contributed by atoms with van der Waals surface area (Å²) in [5, 5.41) is 19.1. The van der Waals surface area contributed by atoms with E-state index in [1.165, 1.54) is 42.2 Å². The topological polar surface area (TPSA) is 146 Å². The molecule has 226 valence electrons. The van der Waals surface area contributed by atoms with Crippen molar-refractivity contribution in [3.05, 3.63) is 68.7 Å². The van der Waals surface area contributed by atoms with Gasteiger partial charge in [0.15, 0.2) is 0 Å². The molecule has 0 spiro atoms. The van der Waals surface area contributed by atoms with Crippen LogP contribution in [0.15, 0.2) is 50.7 Å². The van der Waals surface area contributed by atoms with Crippen LogP contribution in [0.2, 0.25) is 0 Å². The molecule has 0 radical (unpaired) electrons. The number of methoxy groups -OCH3 is 2. The van der Waals surface area contributed by atoms with Gasteiger partial charge in [0.1, 0.15) is 22.4 Å². The number of thiophene rings is 1. The number of aromatic nitrogens is 3. The van der Waals surface area contributed by atoms with Crippen molar-refractivity contribution in [1.82, 2.24) is 14.1 Å². The number of carbonyl (C=O) groups is 1. The molecule has 42 heavy (non-hydrogen) atoms. The first-order valence-corrected chi connectivity index (χ1v) is 14.6. The average Bonchev–Trinajstić information content (AvgIpc) is 3.62. The minimum Gasteiger partial charge on any atom is -0.496 e. The maximum absolute atomic E-state index is 13.5. The van der Waals surface area contributed by atoms with Crippen molar-refractivity contribution in [2.45, 2.75) is 77.2 Å². The van der Waals surface area contributed by atoms with Gasteiger partial charge in [0.2, 0.25) is 5.89 Å². The number of hydrogen-bond acceptors (Lipinski definition) is 9. The van der Waals surface area contributed by atoms with Gasteiger partial charge in [-0.05, 0) is 70.1 Å². The number of fused-ring (bicyclic) bond motifs is 1. The van der Waals surface area contributed by atoms with Gasteiger partial charge in [-0.15, -0.1) is 11.3 Å². The Labute approximate surface area is 247 Å². The summed E-state index contributed by atoms with van der Waals surface area (Å²) >= 11 is 1.22. The van der Waals surface area contributed by atoms with Crippen LogP contribution >= 0.6 is 11.3 Å². The Morgan fingerprint density at radius 2 is 1.86 bits per heavy atom. The first-order chi connectivity index (χ1) is 20.0. The maximum Gasteiger partial charge on any atom is 0.333 e. The molecule has 0 aliphatic heterocycles. The van der Waals surface area contributed by atoms with Crippen molar-refractivity contribution in [3.63, 3.8) is 0 Å². The molecule has 12 heteroatoms. The van der Waals surface area contributed by atoms with Gasteiger partial charge in [0.05, 0.1) is 35.8 Å². The summed E-state index contributed by atoms with van der Waals surface area (Å²) < 4.78 is 18.2. The number of rotatable bonds is 8. The lowest BCUT2D eigenvalue weighted by molar-refractivity contribution is -0.146. The molecule has 0 unspecified atom stereocenters. The number of aryl methyl sites for hydroxylation is 3. The molecular weight excluding hydrogens is 562 g/mol. The van der Waals surface area contributed by atoms with Crippen LogP contribution < -0.4 is 16.0 Å². The number of benzene rings is 1. The van der Waals surface area contributed by atoms with Gasteiger partial charge in [-0.1, -0.05) is 18.2 Å². The van der Waals surface area contributed by atoms with Gasteiger partial charge < -0.3 is 24.1 Å². The van der Waals surface area contributed by atoms with E-state index >= 15 is 0 Å². The summed E-state index contributed by atoms with van der Waals surface area (Å²) in [5.41, 5.74) is -1.61. The molecule has 5 rings (SSSR count). The molecule has 4 aromatic rings. The Bertz CT molecular complexity index is 1640. The normalized spacial score (nSPS) is 17.1. The SMILES string of the molecule is COC1CCC(O)CC1.COc1ccccc1CCn1c(=O)n(C(C)(C)C(=O)O)c(=O)c2c(C)c(-c3ncco3)sc21. The van der Waals surface area contributed by atoms with E-state index in [0.29, 0.717) is 39.4 Å². The van der Waals surface area contributed by atoms with Crippen molar-refractivity contribution in [2.24, 2.45) is 0 Å². The summed E-state index contributed by atoms with van der Waals surface area (Å²) in [6, 6.07) is 7.46. The third kappa shape index (κ3) is 6.20. The monoisotopic (exact) mass is 599 g/mol. The second-order valence-corrected chi connectivity index (χ2v) is 11.7. The number of aliphatic carboxylic acids is 1. The molecule has 2 N–H and O–H groups in total. The van der Waals surface area contributed by atoms with Crippen LogP contribution in [-0.4, -0.2) is 56.7 Å². The zero-order chi connectivity index (χ0) is 30.6. The fraction of sp³-hybridized carbons (Fsp3) is 0.467. The number of carboxylic acid groups (broad SMARTS) is 1. The van der Waals surface area contributed by atoms with Crippen LogP contribution in [-0.2, 0) is 28.0 Å². The Balaban J connectivity index is 0.000000385. The molecule has 3 heterocycles. The number of aliphatic hydroxyl groups is 1. The summed E-state index contributed by atoms with van der Waals surface area (Å²) in [4.78, 5) is 44.2. The van der Waals surface area contributed by atoms with Gasteiger partial charge in [0, 0.05) is 13.7 Å². The van der Waals surface area contributed by atoms with E-state index < -0.39 is 22.8 Å². The number of nitrogens with zero attached hydrogens (tertiary/aromatic N) is 3. The molecule has 0 saturated heterocycles. The first-order valence-electron chi connectivity index (χ1n) is 13.8. The lowest BCUT2D eigenvalue weighted by Gasteiger charge is -2.23. The van der Waals surface area contributed by atoms with Crippen LogP contribution in [0.25, 0.3) is 21.0 Å². The van der Waals surface area contributed by atoms with Crippen molar-refractivity contribution in [1.29, 1.82) is 0 Å². The third-order valence-corrected chi connectivity index (χ3v) is 9.00. The van der Waals surface area contributed by atoms with E-state index in [0.717, 1.165) is 35.8 Å². The number of oxazole rings is 1. The molecule has 0 atom stereocenters. The van der Waals surface area contributed by atoms with E-state index in [4.69, 9.17) is 19.0 Å². The fourth-order valence-corrected chi connectivity index (χ4v) is 6.35. The van der Waals surface area contributed by atoms with Crippen molar-refractivity contribution < 1.29 is 28.9 Å². The van der Waals surface area contributed by atoms with E-state index in [1.807, 2.05) is 24.3 Å². The lowest BCUT2D eigenvalue weighted by Crippen LogP contribution is -2.52. The van der Waals surface area contributed by atoms with E-state index in [2.05, 4.69) is 4.98 Å². The van der Waals surface area contributed by atoms with Gasteiger partial charge in [-0.3, -0.25) is 9.36 Å². The highest BCUT2D eigenvalue weighted by Crippen LogP contribution is 2.36. The summed E-state index contributed by atoms with van der Waals surface area (Å²) in [6.07, 6.45) is 7.60. The van der Waals surface area contributed by atoms with Crippen LogP contribution in [0.4, 0.5) is 0 Å². The Kier molecular flexibility index (Phi) is 9.70. The number of hydrogen-bond donors (Lipinski definition) is 2. The van der Waals surface area contributed by atoms with E-state index in [9.17, 15) is 19.5 Å². The summed E-state index contributed by atoms with van der Waals surface area (Å²) in [7, 11) is 3.31. The zero-order valence-corrected chi connectivity index (χ0v) is 25.3. The third-order valence-electron chi connectivity index (χ3n) is 7.70. The highest BCUT2D eigenvalue weighted by molar-refractivity contribution is 7.22. The fourth-order valence-electron chi connectivity index (χ4n) is 5.09. The molecule has 1 saturated carbocycles. The Morgan fingerprint density at radius 3 is 2.45 bits per heavy atom. The molecule has 0 amide bonds. The first kappa shape index (κ1) is 31.2. The van der Waals surface area contributed by atoms with Crippen LogP contribution in [0.3, 0.4) is 0 Å². The number of carboxylic acids is 1. The highest BCUT2D eigenvalue weighted by Gasteiger charge is 2.35. The standard InChI is InChI=1S/C23H23N3O6S.C7H14O2/c1-13-16-19(27)26(23(2,3)21(28)29)22(30)25(11-9-14-7-5-6-8-15(14)31-4)20(16)33-17(13)18-24-10-12-32-18;1-9-7-4-2-6(8)3-5-7/h5-8,10,12H,9,11H2,1-4H3,(H,28,29);6-8H,2-5H2,1H3. The Morgan fingerprint density at radius 1 is 1.17 bits per heavy atom. The molecule has 1 fully saturated rings. The number of aliphatic hydroxyl groups excluding tert-OH is 1. The zero-order valence-electron chi connectivity index (χ0n) is 24.5. The molecule has 3 aromatic heterocycles. The predicted molar refractivity (Wildman–Crippen MR) is 160 cm³/mol. The van der Waals surface area contributed by atoms with Crippen LogP contribution in [0, 0.1) is 6.92 Å². The van der Waals surface area contributed by atoms with Crippen molar-refractivity contribution >= 4 is 27.5 Å². The Hall–Kier alpha value is -3.74.